The van der Waals surface area contributed by atoms with Crippen LogP contribution in [0.2, 0.25) is 0 Å². The maximum absolute atomic E-state index is 11.7. The standard InChI is InChI=1S/C14H22N2O2/c1-10-6-7-13(9-11(10)2)16-14(18)15-12(3)5-4-8-17/h6-7,9,12,17H,4-5,8H2,1-3H3,(H2,15,16,18). The number of carbonyl (C=O) groups is 1. The molecular formula is C14H22N2O2. The van der Waals surface area contributed by atoms with Crippen LogP contribution in [0.15, 0.2) is 18.2 Å². The highest BCUT2D eigenvalue weighted by atomic mass is 16.3. The van der Waals surface area contributed by atoms with E-state index in [1.54, 1.807) is 0 Å². The fourth-order valence-electron chi connectivity index (χ4n) is 1.68. The van der Waals surface area contributed by atoms with Crippen molar-refractivity contribution >= 4 is 11.7 Å². The predicted octanol–water partition coefficient (Wildman–Crippen LogP) is 2.59. The lowest BCUT2D eigenvalue weighted by atomic mass is 10.1. The Labute approximate surface area is 108 Å². The lowest BCUT2D eigenvalue weighted by molar-refractivity contribution is 0.245. The molecule has 100 valence electrons. The summed E-state index contributed by atoms with van der Waals surface area (Å²) in [7, 11) is 0. The van der Waals surface area contributed by atoms with Crippen molar-refractivity contribution in [1.82, 2.24) is 5.32 Å². The molecule has 1 aromatic rings. The smallest absolute Gasteiger partial charge is 0.319 e. The van der Waals surface area contributed by atoms with Gasteiger partial charge in [0.05, 0.1) is 0 Å². The van der Waals surface area contributed by atoms with Gasteiger partial charge in [0.25, 0.3) is 0 Å². The van der Waals surface area contributed by atoms with E-state index in [2.05, 4.69) is 10.6 Å². The Morgan fingerprint density at radius 1 is 1.33 bits per heavy atom. The van der Waals surface area contributed by atoms with E-state index in [0.717, 1.165) is 17.7 Å². The molecule has 0 aromatic heterocycles. The highest BCUT2D eigenvalue weighted by Crippen LogP contribution is 2.13. The molecule has 0 fully saturated rings. The first kappa shape index (κ1) is 14.5. The molecule has 0 aliphatic carbocycles. The number of aliphatic hydroxyl groups excluding tert-OH is 1. The third-order valence-corrected chi connectivity index (χ3v) is 2.94. The van der Waals surface area contributed by atoms with E-state index >= 15 is 0 Å². The summed E-state index contributed by atoms with van der Waals surface area (Å²) in [5.41, 5.74) is 3.16. The number of rotatable bonds is 5. The van der Waals surface area contributed by atoms with Gasteiger partial charge in [-0.3, -0.25) is 0 Å². The number of aryl methyl sites for hydroxylation is 2. The number of amides is 2. The van der Waals surface area contributed by atoms with Crippen molar-refractivity contribution in [3.63, 3.8) is 0 Å². The lowest BCUT2D eigenvalue weighted by Crippen LogP contribution is -2.36. The lowest BCUT2D eigenvalue weighted by Gasteiger charge is -2.14. The first-order chi connectivity index (χ1) is 8.52. The largest absolute Gasteiger partial charge is 0.396 e. The van der Waals surface area contributed by atoms with Crippen molar-refractivity contribution in [3.05, 3.63) is 29.3 Å². The number of aliphatic hydroxyl groups is 1. The van der Waals surface area contributed by atoms with Gasteiger partial charge in [-0.05, 0) is 56.9 Å². The predicted molar refractivity (Wildman–Crippen MR) is 73.9 cm³/mol. The molecule has 0 radical (unpaired) electrons. The van der Waals surface area contributed by atoms with Crippen molar-refractivity contribution in [3.8, 4) is 0 Å². The third-order valence-electron chi connectivity index (χ3n) is 2.94. The first-order valence-corrected chi connectivity index (χ1v) is 6.28. The molecule has 0 aliphatic rings. The van der Waals surface area contributed by atoms with E-state index in [0.29, 0.717) is 6.42 Å². The van der Waals surface area contributed by atoms with Crippen molar-refractivity contribution < 1.29 is 9.90 Å². The Bertz CT molecular complexity index is 405. The summed E-state index contributed by atoms with van der Waals surface area (Å²) in [5.74, 6) is 0. The van der Waals surface area contributed by atoms with Gasteiger partial charge in [0, 0.05) is 18.3 Å². The van der Waals surface area contributed by atoms with Gasteiger partial charge in [-0.25, -0.2) is 4.79 Å². The van der Waals surface area contributed by atoms with Crippen LogP contribution in [0.5, 0.6) is 0 Å². The van der Waals surface area contributed by atoms with Crippen LogP contribution in [0.25, 0.3) is 0 Å². The van der Waals surface area contributed by atoms with Gasteiger partial charge in [0.15, 0.2) is 0 Å². The van der Waals surface area contributed by atoms with Gasteiger partial charge in [0.2, 0.25) is 0 Å². The Kier molecular flexibility index (Phi) is 5.65. The maximum atomic E-state index is 11.7. The van der Waals surface area contributed by atoms with Crippen LogP contribution in [0.4, 0.5) is 10.5 Å². The van der Waals surface area contributed by atoms with Crippen LogP contribution in [0.3, 0.4) is 0 Å². The Morgan fingerprint density at radius 2 is 2.06 bits per heavy atom. The average Bonchev–Trinajstić information content (AvgIpc) is 2.31. The molecule has 2 amide bonds. The minimum absolute atomic E-state index is 0.0590. The van der Waals surface area contributed by atoms with Crippen LogP contribution in [-0.2, 0) is 0 Å². The number of hydrogen-bond acceptors (Lipinski definition) is 2. The SMILES string of the molecule is Cc1ccc(NC(=O)NC(C)CCCO)cc1C. The van der Waals surface area contributed by atoms with Crippen LogP contribution < -0.4 is 10.6 Å². The summed E-state index contributed by atoms with van der Waals surface area (Å²) < 4.78 is 0. The molecule has 0 spiro atoms. The number of urea groups is 1. The minimum atomic E-state index is -0.205. The quantitative estimate of drug-likeness (QED) is 0.752. The Balaban J connectivity index is 2.46. The van der Waals surface area contributed by atoms with Gasteiger partial charge in [-0.15, -0.1) is 0 Å². The van der Waals surface area contributed by atoms with E-state index < -0.39 is 0 Å². The molecule has 1 unspecified atom stereocenters. The van der Waals surface area contributed by atoms with E-state index in [4.69, 9.17) is 5.11 Å². The summed E-state index contributed by atoms with van der Waals surface area (Å²) in [4.78, 5) is 11.7. The van der Waals surface area contributed by atoms with E-state index in [1.807, 2.05) is 39.0 Å². The van der Waals surface area contributed by atoms with Crippen molar-refractivity contribution in [1.29, 1.82) is 0 Å². The average molecular weight is 250 g/mol. The molecule has 0 bridgehead atoms. The van der Waals surface area contributed by atoms with Gasteiger partial charge in [-0.2, -0.15) is 0 Å². The second kappa shape index (κ2) is 7.01. The molecule has 4 nitrogen and oxygen atoms in total. The van der Waals surface area contributed by atoms with Crippen LogP contribution in [-0.4, -0.2) is 23.8 Å². The summed E-state index contributed by atoms with van der Waals surface area (Å²) in [6, 6.07) is 5.68. The topological polar surface area (TPSA) is 61.4 Å². The van der Waals surface area contributed by atoms with Crippen molar-refractivity contribution in [2.45, 2.75) is 39.7 Å². The molecule has 1 atom stereocenters. The summed E-state index contributed by atoms with van der Waals surface area (Å²) in [6.07, 6.45) is 1.47. The summed E-state index contributed by atoms with van der Waals surface area (Å²) >= 11 is 0. The zero-order valence-electron chi connectivity index (χ0n) is 11.3. The number of benzene rings is 1. The minimum Gasteiger partial charge on any atom is -0.396 e. The molecule has 1 rings (SSSR count). The van der Waals surface area contributed by atoms with Gasteiger partial charge >= 0.3 is 6.03 Å². The normalized spacial score (nSPS) is 12.0. The molecule has 0 saturated heterocycles. The molecule has 4 heteroatoms. The Morgan fingerprint density at radius 3 is 2.67 bits per heavy atom. The first-order valence-electron chi connectivity index (χ1n) is 6.28. The second-order valence-corrected chi connectivity index (χ2v) is 4.66. The highest BCUT2D eigenvalue weighted by Gasteiger charge is 2.07. The number of anilines is 1. The molecule has 0 saturated carbocycles. The summed E-state index contributed by atoms with van der Waals surface area (Å²) in [5, 5.41) is 14.4. The van der Waals surface area contributed by atoms with Gasteiger partial charge in [0.1, 0.15) is 0 Å². The van der Waals surface area contributed by atoms with E-state index in [-0.39, 0.29) is 18.7 Å². The van der Waals surface area contributed by atoms with Gasteiger partial charge in [-0.1, -0.05) is 6.07 Å². The van der Waals surface area contributed by atoms with Crippen molar-refractivity contribution in [2.24, 2.45) is 0 Å². The van der Waals surface area contributed by atoms with Crippen LogP contribution in [0, 0.1) is 13.8 Å². The zero-order valence-corrected chi connectivity index (χ0v) is 11.3. The fraction of sp³-hybridized carbons (Fsp3) is 0.500. The molecule has 0 heterocycles. The molecule has 18 heavy (non-hydrogen) atoms. The van der Waals surface area contributed by atoms with E-state index in [1.165, 1.54) is 5.56 Å². The van der Waals surface area contributed by atoms with Crippen LogP contribution in [0.1, 0.15) is 30.9 Å². The number of nitrogens with one attached hydrogen (secondary N) is 2. The third kappa shape index (κ3) is 4.75. The molecule has 3 N–H and O–H groups in total. The maximum Gasteiger partial charge on any atom is 0.319 e. The fourth-order valence-corrected chi connectivity index (χ4v) is 1.68. The Hall–Kier alpha value is -1.55. The van der Waals surface area contributed by atoms with E-state index in [9.17, 15) is 4.79 Å². The van der Waals surface area contributed by atoms with Crippen molar-refractivity contribution in [2.75, 3.05) is 11.9 Å². The zero-order chi connectivity index (χ0) is 13.5. The second-order valence-electron chi connectivity index (χ2n) is 4.66. The number of carbonyl (C=O) groups excluding carboxylic acids is 1. The van der Waals surface area contributed by atoms with Gasteiger partial charge < -0.3 is 15.7 Å². The number of hydrogen-bond donors (Lipinski definition) is 3. The molecular weight excluding hydrogens is 228 g/mol. The monoisotopic (exact) mass is 250 g/mol. The molecule has 0 aliphatic heterocycles. The summed E-state index contributed by atoms with van der Waals surface area (Å²) in [6.45, 7) is 6.14. The van der Waals surface area contributed by atoms with Crippen LogP contribution >= 0.6 is 0 Å². The molecule has 1 aromatic carbocycles. The highest BCUT2D eigenvalue weighted by molar-refractivity contribution is 5.89.